The van der Waals surface area contributed by atoms with Crippen LogP contribution in [0.15, 0.2) is 48.5 Å². The smallest absolute Gasteiger partial charge is 0.319 e. The summed E-state index contributed by atoms with van der Waals surface area (Å²) in [4.78, 5) is 26.0. The summed E-state index contributed by atoms with van der Waals surface area (Å²) in [7, 11) is 1.60. The molecule has 1 aliphatic rings. The highest BCUT2D eigenvalue weighted by Crippen LogP contribution is 2.26. The molecule has 1 atom stereocenters. The third-order valence-electron chi connectivity index (χ3n) is 4.22. The van der Waals surface area contributed by atoms with Crippen LogP contribution in [0.3, 0.4) is 0 Å². The Balaban J connectivity index is 1.51. The summed E-state index contributed by atoms with van der Waals surface area (Å²) in [6.45, 7) is 0.993. The summed E-state index contributed by atoms with van der Waals surface area (Å²) in [6.07, 6.45) is 0.406. The molecule has 2 N–H and O–H groups in total. The van der Waals surface area contributed by atoms with E-state index < -0.39 is 0 Å². The van der Waals surface area contributed by atoms with Crippen molar-refractivity contribution in [3.63, 3.8) is 0 Å². The molecule has 26 heavy (non-hydrogen) atoms. The molecule has 1 fully saturated rings. The van der Waals surface area contributed by atoms with E-state index in [1.807, 2.05) is 24.3 Å². The van der Waals surface area contributed by atoms with Crippen LogP contribution in [0, 0.1) is 5.92 Å². The minimum atomic E-state index is -0.317. The van der Waals surface area contributed by atoms with Crippen LogP contribution in [0.25, 0.3) is 0 Å². The number of ether oxygens (including phenoxy) is 1. The second kappa shape index (κ2) is 8.10. The van der Waals surface area contributed by atoms with Gasteiger partial charge in [0, 0.05) is 41.8 Å². The van der Waals surface area contributed by atoms with Crippen LogP contribution in [0.2, 0.25) is 5.02 Å². The van der Waals surface area contributed by atoms with E-state index in [2.05, 4.69) is 10.6 Å². The topological polar surface area (TPSA) is 70.7 Å². The maximum Gasteiger partial charge on any atom is 0.319 e. The molecule has 136 valence electrons. The number of methoxy groups -OCH3 is 1. The van der Waals surface area contributed by atoms with Crippen molar-refractivity contribution in [1.29, 1.82) is 0 Å². The summed E-state index contributed by atoms with van der Waals surface area (Å²) >= 11 is 5.90. The summed E-state index contributed by atoms with van der Waals surface area (Å²) in [5, 5.41) is 6.09. The lowest BCUT2D eigenvalue weighted by atomic mass is 10.1. The normalized spacial score (nSPS) is 16.5. The molecule has 0 aromatic heterocycles. The van der Waals surface area contributed by atoms with Gasteiger partial charge < -0.3 is 20.3 Å². The fourth-order valence-corrected chi connectivity index (χ4v) is 3.10. The first-order valence-corrected chi connectivity index (χ1v) is 8.68. The average Bonchev–Trinajstić information content (AvgIpc) is 3.01. The molecule has 2 aromatic carbocycles. The molecule has 1 saturated heterocycles. The third-order valence-corrected chi connectivity index (χ3v) is 4.46. The molecule has 0 radical (unpaired) electrons. The Kier molecular flexibility index (Phi) is 5.63. The molecule has 0 aliphatic carbocycles. The standard InChI is InChI=1S/C19H20ClN3O3/c1-26-17-7-5-16(6-8-17)23-12-13(9-18(23)24)11-21-19(25)22-15-4-2-3-14(20)10-15/h2-8,10,13H,9,11-12H2,1H3,(H2,21,22,25). The molecule has 0 saturated carbocycles. The van der Waals surface area contributed by atoms with Crippen molar-refractivity contribution in [1.82, 2.24) is 5.32 Å². The van der Waals surface area contributed by atoms with E-state index in [0.717, 1.165) is 11.4 Å². The predicted molar refractivity (Wildman–Crippen MR) is 102 cm³/mol. The zero-order valence-electron chi connectivity index (χ0n) is 14.4. The minimum absolute atomic E-state index is 0.0530. The van der Waals surface area contributed by atoms with Crippen molar-refractivity contribution in [3.05, 3.63) is 53.6 Å². The Labute approximate surface area is 157 Å². The number of carbonyl (C=O) groups excluding carboxylic acids is 2. The van der Waals surface area contributed by atoms with E-state index in [1.165, 1.54) is 0 Å². The number of amides is 3. The average molecular weight is 374 g/mol. The number of halogens is 1. The Bertz CT molecular complexity index is 795. The van der Waals surface area contributed by atoms with Gasteiger partial charge in [-0.3, -0.25) is 4.79 Å². The van der Waals surface area contributed by atoms with Gasteiger partial charge in [-0.05, 0) is 42.5 Å². The molecule has 0 bridgehead atoms. The van der Waals surface area contributed by atoms with Gasteiger partial charge in [-0.15, -0.1) is 0 Å². The molecule has 1 heterocycles. The van der Waals surface area contributed by atoms with Crippen LogP contribution >= 0.6 is 11.6 Å². The SMILES string of the molecule is COc1ccc(N2CC(CNC(=O)Nc3cccc(Cl)c3)CC2=O)cc1. The van der Waals surface area contributed by atoms with Gasteiger partial charge in [0.2, 0.25) is 5.91 Å². The Morgan fingerprint density at radius 3 is 2.73 bits per heavy atom. The fourth-order valence-electron chi connectivity index (χ4n) is 2.91. The van der Waals surface area contributed by atoms with Crippen molar-refractivity contribution in [2.75, 3.05) is 30.4 Å². The summed E-state index contributed by atoms with van der Waals surface area (Å²) in [6, 6.07) is 14.0. The highest BCUT2D eigenvalue weighted by Gasteiger charge is 2.30. The quantitative estimate of drug-likeness (QED) is 0.842. The summed E-state index contributed by atoms with van der Waals surface area (Å²) in [5.74, 6) is 0.864. The van der Waals surface area contributed by atoms with Gasteiger partial charge >= 0.3 is 6.03 Å². The van der Waals surface area contributed by atoms with Crippen LogP contribution in [0.5, 0.6) is 5.75 Å². The highest BCUT2D eigenvalue weighted by atomic mass is 35.5. The van der Waals surface area contributed by atoms with Crippen molar-refractivity contribution in [2.24, 2.45) is 5.92 Å². The number of nitrogens with one attached hydrogen (secondary N) is 2. The lowest BCUT2D eigenvalue weighted by Crippen LogP contribution is -2.34. The van der Waals surface area contributed by atoms with E-state index in [4.69, 9.17) is 16.3 Å². The van der Waals surface area contributed by atoms with E-state index >= 15 is 0 Å². The molecular formula is C19H20ClN3O3. The van der Waals surface area contributed by atoms with Gasteiger partial charge in [0.1, 0.15) is 5.75 Å². The van der Waals surface area contributed by atoms with Crippen molar-refractivity contribution in [3.8, 4) is 5.75 Å². The molecule has 1 aliphatic heterocycles. The first-order valence-electron chi connectivity index (χ1n) is 8.30. The molecule has 6 nitrogen and oxygen atoms in total. The molecule has 7 heteroatoms. The van der Waals surface area contributed by atoms with Gasteiger partial charge in [0.15, 0.2) is 0 Å². The van der Waals surface area contributed by atoms with Gasteiger partial charge in [-0.1, -0.05) is 17.7 Å². The van der Waals surface area contributed by atoms with E-state index in [-0.39, 0.29) is 17.9 Å². The molecule has 0 spiro atoms. The van der Waals surface area contributed by atoms with E-state index in [1.54, 1.807) is 36.3 Å². The number of nitrogens with zero attached hydrogens (tertiary/aromatic N) is 1. The van der Waals surface area contributed by atoms with Gasteiger partial charge in [-0.2, -0.15) is 0 Å². The largest absolute Gasteiger partial charge is 0.497 e. The van der Waals surface area contributed by atoms with Crippen LogP contribution in [0.4, 0.5) is 16.2 Å². The number of anilines is 2. The zero-order valence-corrected chi connectivity index (χ0v) is 15.1. The number of hydrogen-bond acceptors (Lipinski definition) is 3. The number of hydrogen-bond donors (Lipinski definition) is 2. The summed E-state index contributed by atoms with van der Waals surface area (Å²) < 4.78 is 5.13. The predicted octanol–water partition coefficient (Wildman–Crippen LogP) is 3.52. The number of rotatable bonds is 5. The number of urea groups is 1. The second-order valence-corrected chi connectivity index (χ2v) is 6.55. The molecule has 3 rings (SSSR count). The van der Waals surface area contributed by atoms with Gasteiger partial charge in [0.05, 0.1) is 7.11 Å². The first-order chi connectivity index (χ1) is 12.5. The van der Waals surface area contributed by atoms with Crippen LogP contribution in [-0.4, -0.2) is 32.1 Å². The minimum Gasteiger partial charge on any atom is -0.497 e. The number of benzene rings is 2. The van der Waals surface area contributed by atoms with Crippen molar-refractivity contribution >= 4 is 34.9 Å². The first kappa shape index (κ1) is 18.1. The van der Waals surface area contributed by atoms with Crippen LogP contribution in [-0.2, 0) is 4.79 Å². The van der Waals surface area contributed by atoms with Crippen LogP contribution < -0.4 is 20.3 Å². The lowest BCUT2D eigenvalue weighted by molar-refractivity contribution is -0.117. The molecule has 1 unspecified atom stereocenters. The lowest BCUT2D eigenvalue weighted by Gasteiger charge is -2.17. The Hall–Kier alpha value is -2.73. The zero-order chi connectivity index (χ0) is 18.5. The third kappa shape index (κ3) is 4.46. The van der Waals surface area contributed by atoms with Crippen LogP contribution in [0.1, 0.15) is 6.42 Å². The van der Waals surface area contributed by atoms with E-state index in [0.29, 0.717) is 30.2 Å². The Morgan fingerprint density at radius 1 is 1.27 bits per heavy atom. The van der Waals surface area contributed by atoms with Gasteiger partial charge in [-0.25, -0.2) is 4.79 Å². The Morgan fingerprint density at radius 2 is 2.04 bits per heavy atom. The maximum atomic E-state index is 12.3. The number of carbonyl (C=O) groups is 2. The molecule has 3 amide bonds. The monoisotopic (exact) mass is 373 g/mol. The fraction of sp³-hybridized carbons (Fsp3) is 0.263. The molecule has 2 aromatic rings. The molecular weight excluding hydrogens is 354 g/mol. The maximum absolute atomic E-state index is 12.3. The van der Waals surface area contributed by atoms with Crippen molar-refractivity contribution in [2.45, 2.75) is 6.42 Å². The second-order valence-electron chi connectivity index (χ2n) is 6.12. The van der Waals surface area contributed by atoms with E-state index in [9.17, 15) is 9.59 Å². The highest BCUT2D eigenvalue weighted by molar-refractivity contribution is 6.30. The van der Waals surface area contributed by atoms with Crippen molar-refractivity contribution < 1.29 is 14.3 Å². The van der Waals surface area contributed by atoms with Gasteiger partial charge in [0.25, 0.3) is 0 Å². The summed E-state index contributed by atoms with van der Waals surface area (Å²) in [5.41, 5.74) is 1.46.